The predicted octanol–water partition coefficient (Wildman–Crippen LogP) is 4.23. The fourth-order valence-electron chi connectivity index (χ4n) is 2.03. The van der Waals surface area contributed by atoms with Crippen LogP contribution in [0.4, 0.5) is 0 Å². The minimum atomic E-state index is -0.359. The summed E-state index contributed by atoms with van der Waals surface area (Å²) in [5.41, 5.74) is 0.896. The average molecular weight is 306 g/mol. The molecular formula is C18H26O4. The smallest absolute Gasteiger partial charge is 0.338 e. The Hall–Kier alpha value is -1.84. The molecular weight excluding hydrogens is 280 g/mol. The summed E-state index contributed by atoms with van der Waals surface area (Å²) in [6.07, 6.45) is 2.52. The maximum atomic E-state index is 12.1. The van der Waals surface area contributed by atoms with Gasteiger partial charge in [-0.15, -0.1) is 0 Å². The van der Waals surface area contributed by atoms with Gasteiger partial charge < -0.3 is 9.47 Å². The second-order valence-electron chi connectivity index (χ2n) is 5.66. The summed E-state index contributed by atoms with van der Waals surface area (Å²) < 4.78 is 10.6. The van der Waals surface area contributed by atoms with Crippen molar-refractivity contribution in [2.45, 2.75) is 53.1 Å². The lowest BCUT2D eigenvalue weighted by Crippen LogP contribution is -2.22. The van der Waals surface area contributed by atoms with Crippen LogP contribution in [-0.2, 0) is 9.47 Å². The number of unbranched alkanes of at least 4 members (excludes halogenated alkanes) is 1. The van der Waals surface area contributed by atoms with E-state index in [1.807, 2.05) is 27.7 Å². The molecule has 0 aliphatic carbocycles. The van der Waals surface area contributed by atoms with Crippen molar-refractivity contribution in [3.8, 4) is 0 Å². The van der Waals surface area contributed by atoms with E-state index < -0.39 is 0 Å². The Bertz CT molecular complexity index is 476. The topological polar surface area (TPSA) is 52.6 Å². The first-order valence-electron chi connectivity index (χ1n) is 7.97. The van der Waals surface area contributed by atoms with Crippen LogP contribution in [0.1, 0.15) is 67.7 Å². The third-order valence-electron chi connectivity index (χ3n) is 3.49. The van der Waals surface area contributed by atoms with Gasteiger partial charge in [-0.05, 0) is 43.0 Å². The summed E-state index contributed by atoms with van der Waals surface area (Å²) in [4.78, 5) is 23.8. The van der Waals surface area contributed by atoms with Crippen molar-refractivity contribution in [2.24, 2.45) is 5.92 Å². The Morgan fingerprint density at radius 1 is 1.00 bits per heavy atom. The normalized spacial score (nSPS) is 12.0. The predicted molar refractivity (Wildman–Crippen MR) is 86.0 cm³/mol. The van der Waals surface area contributed by atoms with Crippen LogP contribution < -0.4 is 0 Å². The van der Waals surface area contributed by atoms with Gasteiger partial charge in [-0.2, -0.15) is 0 Å². The Labute approximate surface area is 132 Å². The van der Waals surface area contributed by atoms with Gasteiger partial charge in [0.05, 0.1) is 17.7 Å². The highest BCUT2D eigenvalue weighted by Gasteiger charge is 2.18. The van der Waals surface area contributed by atoms with Crippen LogP contribution in [0.15, 0.2) is 24.3 Å². The van der Waals surface area contributed by atoms with Crippen LogP contribution in [0.25, 0.3) is 0 Å². The van der Waals surface area contributed by atoms with Crippen LogP contribution in [0.3, 0.4) is 0 Å². The minimum absolute atomic E-state index is 0.0915. The molecule has 0 N–H and O–H groups in total. The van der Waals surface area contributed by atoms with Crippen molar-refractivity contribution in [3.05, 3.63) is 35.4 Å². The molecule has 1 aromatic carbocycles. The lowest BCUT2D eigenvalue weighted by Gasteiger charge is -2.19. The van der Waals surface area contributed by atoms with Crippen LogP contribution in [0.5, 0.6) is 0 Å². The number of benzene rings is 1. The van der Waals surface area contributed by atoms with Crippen LogP contribution in [0, 0.1) is 5.92 Å². The van der Waals surface area contributed by atoms with Crippen molar-refractivity contribution in [2.75, 3.05) is 6.61 Å². The third-order valence-corrected chi connectivity index (χ3v) is 3.49. The SMILES string of the molecule is CCCCOC(=O)c1ccc(C(=O)OC(CC)C(C)C)cc1. The minimum Gasteiger partial charge on any atom is -0.462 e. The molecule has 0 saturated heterocycles. The molecule has 0 aromatic heterocycles. The number of hydrogen-bond acceptors (Lipinski definition) is 4. The summed E-state index contributed by atoms with van der Waals surface area (Å²) in [6, 6.07) is 6.40. The molecule has 0 spiro atoms. The number of esters is 2. The number of ether oxygens (including phenoxy) is 2. The van der Waals surface area contributed by atoms with E-state index in [1.54, 1.807) is 24.3 Å². The summed E-state index contributed by atoms with van der Waals surface area (Å²) in [6.45, 7) is 8.50. The van der Waals surface area contributed by atoms with Crippen LogP contribution in [0.2, 0.25) is 0 Å². The second-order valence-corrected chi connectivity index (χ2v) is 5.66. The zero-order valence-corrected chi connectivity index (χ0v) is 13.9. The van der Waals surface area contributed by atoms with E-state index in [0.29, 0.717) is 17.7 Å². The fourth-order valence-corrected chi connectivity index (χ4v) is 2.03. The summed E-state index contributed by atoms with van der Waals surface area (Å²) in [5.74, 6) is -0.435. The standard InChI is InChI=1S/C18H26O4/c1-5-7-12-21-17(19)14-8-10-15(11-9-14)18(20)22-16(6-2)13(3)4/h8-11,13,16H,5-7,12H2,1-4H3. The Morgan fingerprint density at radius 2 is 1.55 bits per heavy atom. The highest BCUT2D eigenvalue weighted by atomic mass is 16.5. The lowest BCUT2D eigenvalue weighted by molar-refractivity contribution is 0.0173. The molecule has 0 aliphatic heterocycles. The number of carbonyl (C=O) groups is 2. The van der Waals surface area contributed by atoms with Gasteiger partial charge in [0, 0.05) is 0 Å². The zero-order valence-electron chi connectivity index (χ0n) is 13.9. The van der Waals surface area contributed by atoms with Gasteiger partial charge in [-0.25, -0.2) is 9.59 Å². The summed E-state index contributed by atoms with van der Waals surface area (Å²) >= 11 is 0. The molecule has 1 rings (SSSR count). The highest BCUT2D eigenvalue weighted by molar-refractivity contribution is 5.93. The third kappa shape index (κ3) is 5.51. The van der Waals surface area contributed by atoms with Crippen molar-refractivity contribution in [3.63, 3.8) is 0 Å². The fraction of sp³-hybridized carbons (Fsp3) is 0.556. The molecule has 22 heavy (non-hydrogen) atoms. The monoisotopic (exact) mass is 306 g/mol. The quantitative estimate of drug-likeness (QED) is 0.532. The summed E-state index contributed by atoms with van der Waals surface area (Å²) in [5, 5.41) is 0. The van der Waals surface area contributed by atoms with E-state index in [1.165, 1.54) is 0 Å². The van der Waals surface area contributed by atoms with Gasteiger partial charge in [0.25, 0.3) is 0 Å². The molecule has 0 bridgehead atoms. The van der Waals surface area contributed by atoms with Crippen molar-refractivity contribution < 1.29 is 19.1 Å². The molecule has 1 aromatic rings. The van der Waals surface area contributed by atoms with Gasteiger partial charge in [-0.3, -0.25) is 0 Å². The van der Waals surface area contributed by atoms with Crippen LogP contribution >= 0.6 is 0 Å². The number of hydrogen-bond donors (Lipinski definition) is 0. The molecule has 0 amide bonds. The molecule has 0 radical (unpaired) electrons. The van der Waals surface area contributed by atoms with E-state index in [-0.39, 0.29) is 24.0 Å². The Balaban J connectivity index is 2.64. The molecule has 1 unspecified atom stereocenters. The van der Waals surface area contributed by atoms with E-state index in [0.717, 1.165) is 19.3 Å². The zero-order chi connectivity index (χ0) is 16.5. The van der Waals surface area contributed by atoms with E-state index >= 15 is 0 Å². The van der Waals surface area contributed by atoms with Gasteiger partial charge in [0.2, 0.25) is 0 Å². The first kappa shape index (κ1) is 18.2. The highest BCUT2D eigenvalue weighted by Crippen LogP contribution is 2.14. The maximum Gasteiger partial charge on any atom is 0.338 e. The van der Waals surface area contributed by atoms with E-state index in [4.69, 9.17) is 9.47 Å². The van der Waals surface area contributed by atoms with E-state index in [9.17, 15) is 9.59 Å². The summed E-state index contributed by atoms with van der Waals surface area (Å²) in [7, 11) is 0. The second kappa shape index (κ2) is 9.23. The van der Waals surface area contributed by atoms with Gasteiger partial charge in [0.1, 0.15) is 6.10 Å². The first-order valence-corrected chi connectivity index (χ1v) is 7.97. The molecule has 0 heterocycles. The van der Waals surface area contributed by atoms with Crippen molar-refractivity contribution >= 4 is 11.9 Å². The van der Waals surface area contributed by atoms with Gasteiger partial charge in [-0.1, -0.05) is 34.1 Å². The average Bonchev–Trinajstić information content (AvgIpc) is 2.52. The van der Waals surface area contributed by atoms with Crippen molar-refractivity contribution in [1.29, 1.82) is 0 Å². The largest absolute Gasteiger partial charge is 0.462 e. The van der Waals surface area contributed by atoms with Gasteiger partial charge >= 0.3 is 11.9 Å². The first-order chi connectivity index (χ1) is 10.5. The number of carbonyl (C=O) groups excluding carboxylic acids is 2. The van der Waals surface area contributed by atoms with Gasteiger partial charge in [0.15, 0.2) is 0 Å². The molecule has 1 atom stereocenters. The number of rotatable bonds is 8. The Kier molecular flexibility index (Phi) is 7.64. The van der Waals surface area contributed by atoms with Crippen molar-refractivity contribution in [1.82, 2.24) is 0 Å². The van der Waals surface area contributed by atoms with Crippen LogP contribution in [-0.4, -0.2) is 24.6 Å². The molecule has 122 valence electrons. The van der Waals surface area contributed by atoms with E-state index in [2.05, 4.69) is 0 Å². The molecule has 0 aliphatic rings. The lowest BCUT2D eigenvalue weighted by atomic mass is 10.1. The molecule has 4 nitrogen and oxygen atoms in total. The maximum absolute atomic E-state index is 12.1. The molecule has 0 saturated carbocycles. The molecule has 0 fully saturated rings. The molecule has 4 heteroatoms. The Morgan fingerprint density at radius 3 is 2.00 bits per heavy atom.